The molecule has 1 saturated heterocycles. The Kier molecular flexibility index (Phi) is 11.4. The summed E-state index contributed by atoms with van der Waals surface area (Å²) < 4.78 is 36.1. The minimum atomic E-state index is -1.41. The molecule has 0 saturated carbocycles. The molecule has 1 fully saturated rings. The number of ether oxygens (including phenoxy) is 5. The predicted molar refractivity (Wildman–Crippen MR) is 174 cm³/mol. The lowest BCUT2D eigenvalue weighted by molar-refractivity contribution is -0.283. The molecule has 0 amide bonds. The number of hydrogen-bond donors (Lipinski definition) is 0. The Bertz CT molecular complexity index is 1380. The summed E-state index contributed by atoms with van der Waals surface area (Å²) in [7, 11) is 0. The van der Waals surface area contributed by atoms with Gasteiger partial charge < -0.3 is 33.0 Å². The molecule has 268 valence electrons. The third-order valence-corrected chi connectivity index (χ3v) is 7.91. The summed E-state index contributed by atoms with van der Waals surface area (Å²) in [5.41, 5.74) is -2.79. The van der Waals surface area contributed by atoms with Crippen LogP contribution >= 0.6 is 0 Å². The van der Waals surface area contributed by atoms with Crippen molar-refractivity contribution in [2.75, 3.05) is 6.61 Å². The number of rotatable bonds is 7. The van der Waals surface area contributed by atoms with Crippen molar-refractivity contribution in [2.24, 2.45) is 21.7 Å². The predicted octanol–water partition coefficient (Wildman–Crippen LogP) is 5.69. The van der Waals surface area contributed by atoms with Gasteiger partial charge in [-0.1, -0.05) is 0 Å². The van der Waals surface area contributed by atoms with Gasteiger partial charge in [0.15, 0.2) is 30.3 Å². The lowest BCUT2D eigenvalue weighted by Gasteiger charge is -2.51. The van der Waals surface area contributed by atoms with Crippen LogP contribution < -0.4 is 0 Å². The van der Waals surface area contributed by atoms with E-state index in [-0.39, 0.29) is 18.8 Å². The fourth-order valence-corrected chi connectivity index (χ4v) is 4.78. The first-order valence-electron chi connectivity index (χ1n) is 16.3. The molecule has 12 heteroatoms. The topological polar surface area (TPSA) is 148 Å². The maximum atomic E-state index is 13.6. The zero-order valence-corrected chi connectivity index (χ0v) is 30.6. The second-order valence-corrected chi connectivity index (χ2v) is 16.7. The van der Waals surface area contributed by atoms with Crippen LogP contribution in [-0.4, -0.2) is 71.8 Å². The van der Waals surface area contributed by atoms with Crippen LogP contribution in [0, 0.1) is 21.7 Å². The highest BCUT2D eigenvalue weighted by Crippen LogP contribution is 2.41. The molecule has 2 aliphatic heterocycles. The average Bonchev–Trinajstić information content (AvgIpc) is 3.47. The van der Waals surface area contributed by atoms with E-state index >= 15 is 0 Å². The maximum absolute atomic E-state index is 13.6. The molecule has 0 radical (unpaired) electrons. The van der Waals surface area contributed by atoms with Gasteiger partial charge in [0, 0.05) is 23.8 Å². The van der Waals surface area contributed by atoms with Crippen molar-refractivity contribution in [3.63, 3.8) is 0 Å². The molecule has 12 nitrogen and oxygen atoms in total. The number of Topliss-reactive ketones (excluding diaryl/α,β-unsaturated/α-hetero) is 1. The van der Waals surface area contributed by atoms with Gasteiger partial charge in [0.2, 0.25) is 0 Å². The highest BCUT2D eigenvalue weighted by molar-refractivity contribution is 5.96. The van der Waals surface area contributed by atoms with Crippen molar-refractivity contribution >= 4 is 29.7 Å². The summed E-state index contributed by atoms with van der Waals surface area (Å²) in [6.45, 7) is 21.4. The van der Waals surface area contributed by atoms with Crippen LogP contribution in [0.15, 0.2) is 34.8 Å². The Morgan fingerprint density at radius 3 is 1.69 bits per heavy atom. The monoisotopic (exact) mass is 675 g/mol. The third-order valence-electron chi connectivity index (χ3n) is 7.91. The van der Waals surface area contributed by atoms with E-state index in [1.807, 2.05) is 0 Å². The Morgan fingerprint density at radius 2 is 1.23 bits per heavy atom. The average molecular weight is 676 g/mol. The molecule has 0 spiro atoms. The van der Waals surface area contributed by atoms with E-state index in [1.165, 1.54) is 12.5 Å². The van der Waals surface area contributed by atoms with Gasteiger partial charge in [0.25, 0.3) is 0 Å². The zero-order valence-electron chi connectivity index (χ0n) is 30.6. The van der Waals surface area contributed by atoms with E-state index in [0.29, 0.717) is 11.1 Å². The van der Waals surface area contributed by atoms with E-state index in [4.69, 9.17) is 28.1 Å². The van der Waals surface area contributed by atoms with Crippen LogP contribution in [0.25, 0.3) is 0 Å². The summed E-state index contributed by atoms with van der Waals surface area (Å²) in [6, 6.07) is 1.08. The van der Waals surface area contributed by atoms with Crippen LogP contribution in [-0.2, 0) is 47.7 Å². The first kappa shape index (κ1) is 38.8. The number of hydrogen-bond acceptors (Lipinski definition) is 12. The summed E-state index contributed by atoms with van der Waals surface area (Å²) in [5.74, 6) is -2.58. The van der Waals surface area contributed by atoms with Crippen molar-refractivity contribution in [1.82, 2.24) is 4.90 Å². The summed E-state index contributed by atoms with van der Waals surface area (Å²) in [6.07, 6.45) is -1.92. The number of allylic oxidation sites excluding steroid dienone is 1. The molecule has 3 rings (SSSR count). The Morgan fingerprint density at radius 1 is 0.750 bits per heavy atom. The molecule has 1 aromatic heterocycles. The van der Waals surface area contributed by atoms with Gasteiger partial charge in [0.05, 0.1) is 40.2 Å². The highest BCUT2D eigenvalue weighted by Gasteiger charge is 2.57. The first-order chi connectivity index (χ1) is 21.8. The Labute approximate surface area is 283 Å². The molecule has 0 aromatic carbocycles. The number of esters is 4. The third kappa shape index (κ3) is 9.27. The molecule has 1 aromatic rings. The normalized spacial score (nSPS) is 25.6. The Hall–Kier alpha value is -3.67. The van der Waals surface area contributed by atoms with Gasteiger partial charge in [-0.15, -0.1) is 0 Å². The van der Waals surface area contributed by atoms with Gasteiger partial charge in [0.1, 0.15) is 12.7 Å². The molecule has 3 heterocycles. The van der Waals surface area contributed by atoms with Crippen molar-refractivity contribution in [3.8, 4) is 0 Å². The summed E-state index contributed by atoms with van der Waals surface area (Å²) in [5, 5.41) is 0. The summed E-state index contributed by atoms with van der Waals surface area (Å²) in [4.78, 5) is 68.4. The largest absolute Gasteiger partial charge is 0.472 e. The van der Waals surface area contributed by atoms with E-state index in [2.05, 4.69) is 0 Å². The van der Waals surface area contributed by atoms with Crippen molar-refractivity contribution in [2.45, 2.75) is 133 Å². The number of nitrogens with zero attached hydrogens (tertiary/aromatic N) is 1. The smallest absolute Gasteiger partial charge is 0.311 e. The molecule has 48 heavy (non-hydrogen) atoms. The molecule has 6 atom stereocenters. The molecule has 0 unspecified atom stereocenters. The van der Waals surface area contributed by atoms with Crippen molar-refractivity contribution in [3.05, 3.63) is 35.9 Å². The van der Waals surface area contributed by atoms with Crippen molar-refractivity contribution < 1.29 is 52.1 Å². The minimum absolute atomic E-state index is 0.0419. The quantitative estimate of drug-likeness (QED) is 0.258. The highest BCUT2D eigenvalue weighted by atomic mass is 16.7. The van der Waals surface area contributed by atoms with E-state index < -0.39 is 82.2 Å². The fourth-order valence-electron chi connectivity index (χ4n) is 4.78. The standard InChI is InChI=1S/C36H53NO11/c1-20-17-37(22(16-23(20)38)21-14-15-43-18-21)28-27(48-32(42)36(11,12)13)26(47-31(41)35(8,9)10)25(46-30(40)34(5,6)7)24(45-28)19-44-29(39)33(2,3)4/h14-15,17-18,22,24-28H,16,19H2,1-13H3/t22-,24+,25-,26-,27+,28+/m0/s1. The molecular weight excluding hydrogens is 622 g/mol. The molecular formula is C36H53NO11. The number of furan rings is 1. The maximum Gasteiger partial charge on any atom is 0.311 e. The van der Waals surface area contributed by atoms with Gasteiger partial charge in [-0.25, -0.2) is 0 Å². The zero-order chi connectivity index (χ0) is 36.6. The van der Waals surface area contributed by atoms with Crippen molar-refractivity contribution in [1.29, 1.82) is 0 Å². The molecule has 0 bridgehead atoms. The van der Waals surface area contributed by atoms with Gasteiger partial charge >= 0.3 is 23.9 Å². The second kappa shape index (κ2) is 14.1. The van der Waals surface area contributed by atoms with E-state index in [0.717, 1.165) is 0 Å². The summed E-state index contributed by atoms with van der Waals surface area (Å²) >= 11 is 0. The van der Waals surface area contributed by atoms with Gasteiger partial charge in [-0.05, 0) is 96.1 Å². The number of carbonyl (C=O) groups excluding carboxylic acids is 5. The second-order valence-electron chi connectivity index (χ2n) is 16.7. The van der Waals surface area contributed by atoms with Crippen LogP contribution in [0.3, 0.4) is 0 Å². The molecule has 2 aliphatic rings. The van der Waals surface area contributed by atoms with Gasteiger partial charge in [-0.3, -0.25) is 24.0 Å². The van der Waals surface area contributed by atoms with Crippen LogP contribution in [0.4, 0.5) is 0 Å². The van der Waals surface area contributed by atoms with Crippen LogP contribution in [0.1, 0.15) is 108 Å². The van der Waals surface area contributed by atoms with Gasteiger partial charge in [-0.2, -0.15) is 0 Å². The number of ketones is 1. The van der Waals surface area contributed by atoms with Crippen LogP contribution in [0.5, 0.6) is 0 Å². The Balaban J connectivity index is 2.29. The molecule has 0 aliphatic carbocycles. The fraction of sp³-hybridized carbons (Fsp3) is 0.694. The SMILES string of the molecule is CC1=CN([C@@H]2O[C@H](COC(=O)C(C)(C)C)[C@H](OC(=O)C(C)(C)C)[C@H](OC(=O)C(C)(C)C)[C@H]2OC(=O)C(C)(C)C)[C@H](c2ccoc2)CC1=O. The molecule has 0 N–H and O–H groups in total. The minimum Gasteiger partial charge on any atom is -0.472 e. The van der Waals surface area contributed by atoms with E-state index in [1.54, 1.807) is 107 Å². The lowest BCUT2D eigenvalue weighted by Crippen LogP contribution is -2.67. The first-order valence-corrected chi connectivity index (χ1v) is 16.3. The number of carbonyl (C=O) groups is 5. The van der Waals surface area contributed by atoms with Crippen LogP contribution in [0.2, 0.25) is 0 Å². The van der Waals surface area contributed by atoms with E-state index in [9.17, 15) is 24.0 Å². The lowest BCUT2D eigenvalue weighted by atomic mass is 9.90.